The first-order valence-electron chi connectivity index (χ1n) is 6.70. The molecule has 0 aliphatic rings. The molecule has 104 valence electrons. The molecule has 0 bridgehead atoms. The van der Waals surface area contributed by atoms with Gasteiger partial charge < -0.3 is 0 Å². The number of allylic oxidation sites excluding steroid dienone is 1. The Hall–Kier alpha value is -0.730. The van der Waals surface area contributed by atoms with Gasteiger partial charge in [0.25, 0.3) is 0 Å². The van der Waals surface area contributed by atoms with E-state index in [4.69, 9.17) is 16.6 Å². The first-order valence-corrected chi connectivity index (χ1v) is 8.30. The molecule has 0 saturated heterocycles. The molecule has 0 aliphatic heterocycles. The molecule has 3 heteroatoms. The zero-order valence-electron chi connectivity index (χ0n) is 11.9. The molecule has 1 aromatic rings. The molecule has 0 heterocycles. The Balaban J connectivity index is 2.96. The average molecular weight is 296 g/mol. The highest BCUT2D eigenvalue weighted by molar-refractivity contribution is 8.13. The quantitative estimate of drug-likeness (QED) is 0.361. The van der Waals surface area contributed by atoms with Crippen LogP contribution in [-0.4, -0.2) is 11.3 Å². The van der Waals surface area contributed by atoms with Crippen LogP contribution >= 0.6 is 23.4 Å². The summed E-state index contributed by atoms with van der Waals surface area (Å²) < 4.78 is 0. The number of benzene rings is 1. The number of thioether (sulfide) groups is 1. The largest absolute Gasteiger partial charge is 0.271 e. The first kappa shape index (κ1) is 16.3. The van der Waals surface area contributed by atoms with E-state index in [1.54, 1.807) is 11.8 Å². The van der Waals surface area contributed by atoms with E-state index in [1.165, 1.54) is 17.9 Å². The molecular formula is C16H22ClNS. The molecule has 0 radical (unpaired) electrons. The van der Waals surface area contributed by atoms with Crippen LogP contribution < -0.4 is 0 Å². The smallest absolute Gasteiger partial charge is 0.0940 e. The van der Waals surface area contributed by atoms with Gasteiger partial charge in [-0.3, -0.25) is 4.99 Å². The van der Waals surface area contributed by atoms with E-state index in [0.717, 1.165) is 17.0 Å². The fourth-order valence-electron chi connectivity index (χ4n) is 1.80. The van der Waals surface area contributed by atoms with E-state index in [9.17, 15) is 0 Å². The summed E-state index contributed by atoms with van der Waals surface area (Å²) in [5.41, 5.74) is 1.15. The van der Waals surface area contributed by atoms with Gasteiger partial charge in [0.2, 0.25) is 0 Å². The fraction of sp³-hybridized carbons (Fsp3) is 0.438. The second-order valence-corrected chi connectivity index (χ2v) is 5.67. The van der Waals surface area contributed by atoms with Crippen LogP contribution in [0, 0.1) is 0 Å². The maximum atomic E-state index is 6.07. The second kappa shape index (κ2) is 9.22. The van der Waals surface area contributed by atoms with Crippen LogP contribution in [0.2, 0.25) is 5.02 Å². The lowest BCUT2D eigenvalue weighted by atomic mass is 10.1. The minimum Gasteiger partial charge on any atom is -0.271 e. The second-order valence-electron chi connectivity index (χ2n) is 4.36. The third-order valence-corrected chi connectivity index (χ3v) is 3.84. The Morgan fingerprint density at radius 2 is 2.26 bits per heavy atom. The van der Waals surface area contributed by atoms with Crippen LogP contribution in [0.5, 0.6) is 0 Å². The summed E-state index contributed by atoms with van der Waals surface area (Å²) in [5.74, 6) is 0. The van der Waals surface area contributed by atoms with Crippen molar-refractivity contribution < 1.29 is 0 Å². The van der Waals surface area contributed by atoms with Gasteiger partial charge in [0.1, 0.15) is 0 Å². The summed E-state index contributed by atoms with van der Waals surface area (Å²) in [6.07, 6.45) is 9.72. The van der Waals surface area contributed by atoms with Gasteiger partial charge in [-0.1, -0.05) is 49.2 Å². The summed E-state index contributed by atoms with van der Waals surface area (Å²) in [7, 11) is 0. The standard InChI is InChI=1S/C16H22ClNS/c1-4-6-11-16(19-3)18-15(8-5-2)13-9-7-10-14(17)12-13/h5,7-10,12,15H,4,6,11H2,1-3H3. The lowest BCUT2D eigenvalue weighted by Crippen LogP contribution is -1.98. The minimum absolute atomic E-state index is 0.0722. The van der Waals surface area contributed by atoms with Crippen molar-refractivity contribution in [1.29, 1.82) is 0 Å². The molecule has 1 atom stereocenters. The normalized spacial score (nSPS) is 14.0. The van der Waals surface area contributed by atoms with Crippen molar-refractivity contribution in [2.24, 2.45) is 4.99 Å². The number of nitrogens with zero attached hydrogens (tertiary/aromatic N) is 1. The summed E-state index contributed by atoms with van der Waals surface area (Å²) >= 11 is 7.81. The van der Waals surface area contributed by atoms with Crippen molar-refractivity contribution in [2.75, 3.05) is 6.26 Å². The van der Waals surface area contributed by atoms with E-state index in [-0.39, 0.29) is 6.04 Å². The topological polar surface area (TPSA) is 12.4 Å². The minimum atomic E-state index is 0.0722. The van der Waals surface area contributed by atoms with Crippen molar-refractivity contribution in [3.8, 4) is 0 Å². The highest BCUT2D eigenvalue weighted by Gasteiger charge is 2.08. The van der Waals surface area contributed by atoms with Crippen LogP contribution in [0.4, 0.5) is 0 Å². The van der Waals surface area contributed by atoms with Gasteiger partial charge in [-0.15, -0.1) is 11.8 Å². The summed E-state index contributed by atoms with van der Waals surface area (Å²) in [6, 6.07) is 8.02. The van der Waals surface area contributed by atoms with Gasteiger partial charge in [0.05, 0.1) is 11.1 Å². The lowest BCUT2D eigenvalue weighted by molar-refractivity contribution is 0.827. The number of rotatable bonds is 6. The molecule has 1 aromatic carbocycles. The monoisotopic (exact) mass is 295 g/mol. The van der Waals surface area contributed by atoms with Gasteiger partial charge in [-0.25, -0.2) is 0 Å². The van der Waals surface area contributed by atoms with Gasteiger partial charge >= 0.3 is 0 Å². The molecule has 1 nitrogen and oxygen atoms in total. The number of hydrogen-bond donors (Lipinski definition) is 0. The van der Waals surface area contributed by atoms with Crippen molar-refractivity contribution >= 4 is 28.4 Å². The Morgan fingerprint density at radius 1 is 1.47 bits per heavy atom. The Bertz CT molecular complexity index is 440. The van der Waals surface area contributed by atoms with E-state index < -0.39 is 0 Å². The Labute approximate surface area is 126 Å². The van der Waals surface area contributed by atoms with E-state index in [0.29, 0.717) is 0 Å². The molecule has 0 aromatic heterocycles. The summed E-state index contributed by atoms with van der Waals surface area (Å²) in [4.78, 5) is 4.87. The Morgan fingerprint density at radius 3 is 2.84 bits per heavy atom. The maximum absolute atomic E-state index is 6.07. The molecular weight excluding hydrogens is 274 g/mol. The molecule has 0 fully saturated rings. The number of aliphatic imine (C=N–C) groups is 1. The number of hydrogen-bond acceptors (Lipinski definition) is 2. The third-order valence-electron chi connectivity index (χ3n) is 2.83. The van der Waals surface area contributed by atoms with E-state index >= 15 is 0 Å². The van der Waals surface area contributed by atoms with Crippen LogP contribution in [0.25, 0.3) is 0 Å². The van der Waals surface area contributed by atoms with Crippen LogP contribution in [0.1, 0.15) is 44.7 Å². The average Bonchev–Trinajstić information content (AvgIpc) is 2.42. The molecule has 1 unspecified atom stereocenters. The zero-order valence-corrected chi connectivity index (χ0v) is 13.5. The van der Waals surface area contributed by atoms with Crippen LogP contribution in [0.3, 0.4) is 0 Å². The molecule has 0 aliphatic carbocycles. The summed E-state index contributed by atoms with van der Waals surface area (Å²) in [5, 5.41) is 1.98. The Kier molecular flexibility index (Phi) is 7.92. The molecule has 0 spiro atoms. The van der Waals surface area contributed by atoms with Gasteiger partial charge in [0.15, 0.2) is 0 Å². The van der Waals surface area contributed by atoms with Gasteiger partial charge in [-0.05, 0) is 43.7 Å². The van der Waals surface area contributed by atoms with E-state index in [1.807, 2.05) is 31.2 Å². The van der Waals surface area contributed by atoms with Gasteiger partial charge in [-0.2, -0.15) is 0 Å². The van der Waals surface area contributed by atoms with Crippen LogP contribution in [0.15, 0.2) is 41.4 Å². The molecule has 1 rings (SSSR count). The highest BCUT2D eigenvalue weighted by atomic mass is 35.5. The van der Waals surface area contributed by atoms with Crippen LogP contribution in [-0.2, 0) is 0 Å². The van der Waals surface area contributed by atoms with Crippen molar-refractivity contribution in [1.82, 2.24) is 0 Å². The van der Waals surface area contributed by atoms with Crippen molar-refractivity contribution in [3.63, 3.8) is 0 Å². The zero-order chi connectivity index (χ0) is 14.1. The fourth-order valence-corrected chi connectivity index (χ4v) is 2.57. The maximum Gasteiger partial charge on any atom is 0.0940 e. The number of halogens is 1. The number of unbranched alkanes of at least 4 members (excludes halogenated alkanes) is 1. The highest BCUT2D eigenvalue weighted by Crippen LogP contribution is 2.24. The predicted molar refractivity (Wildman–Crippen MR) is 89.5 cm³/mol. The SMILES string of the molecule is CC=CC(N=C(CCCC)SC)c1cccc(Cl)c1. The molecule has 19 heavy (non-hydrogen) atoms. The van der Waals surface area contributed by atoms with Crippen molar-refractivity contribution in [2.45, 2.75) is 39.2 Å². The first-order chi connectivity index (χ1) is 9.21. The van der Waals surface area contributed by atoms with E-state index in [2.05, 4.69) is 25.3 Å². The molecule has 0 saturated carbocycles. The van der Waals surface area contributed by atoms with Crippen molar-refractivity contribution in [3.05, 3.63) is 47.0 Å². The lowest BCUT2D eigenvalue weighted by Gasteiger charge is -2.11. The predicted octanol–water partition coefficient (Wildman–Crippen LogP) is 5.91. The molecule has 0 N–H and O–H groups in total. The summed E-state index contributed by atoms with van der Waals surface area (Å²) in [6.45, 7) is 4.23. The third kappa shape index (κ3) is 5.84. The van der Waals surface area contributed by atoms with Gasteiger partial charge in [0, 0.05) is 5.02 Å². The molecule has 0 amide bonds.